The molecule has 0 saturated carbocycles. The van der Waals surface area contributed by atoms with Crippen LogP contribution in [0.4, 0.5) is 0 Å². The molecular weight excluding hydrogens is 304 g/mol. The van der Waals surface area contributed by atoms with Crippen LogP contribution >= 0.6 is 28.1 Å². The number of hydrogen-bond donors (Lipinski definition) is 2. The maximum atomic E-state index is 11.3. The highest BCUT2D eigenvalue weighted by Gasteiger charge is 2.25. The summed E-state index contributed by atoms with van der Waals surface area (Å²) in [7, 11) is 0. The zero-order valence-corrected chi connectivity index (χ0v) is 11.1. The molecule has 0 spiro atoms. The van der Waals surface area contributed by atoms with Gasteiger partial charge < -0.3 is 10.3 Å². The van der Waals surface area contributed by atoms with E-state index in [0.29, 0.717) is 17.7 Å². The molecule has 17 heavy (non-hydrogen) atoms. The number of aromatic nitrogens is 3. The van der Waals surface area contributed by atoms with Crippen molar-refractivity contribution in [1.82, 2.24) is 19.9 Å². The molecule has 0 aromatic carbocycles. The summed E-state index contributed by atoms with van der Waals surface area (Å²) >= 11 is 8.65. The average molecular weight is 313 g/mol. The lowest BCUT2D eigenvalue weighted by molar-refractivity contribution is -0.119. The Morgan fingerprint density at radius 2 is 2.41 bits per heavy atom. The van der Waals surface area contributed by atoms with Gasteiger partial charge in [-0.25, -0.2) is 4.98 Å². The van der Waals surface area contributed by atoms with Crippen molar-refractivity contribution in [2.45, 2.75) is 12.5 Å². The lowest BCUT2D eigenvalue weighted by Crippen LogP contribution is -2.15. The van der Waals surface area contributed by atoms with E-state index in [1.807, 2.05) is 10.6 Å². The normalized spacial score (nSPS) is 19.8. The van der Waals surface area contributed by atoms with Gasteiger partial charge in [0, 0.05) is 23.6 Å². The number of rotatable bonds is 1. The van der Waals surface area contributed by atoms with Crippen molar-refractivity contribution in [1.29, 1.82) is 0 Å². The number of H-pyrrole nitrogens is 1. The van der Waals surface area contributed by atoms with E-state index in [-0.39, 0.29) is 11.9 Å². The molecule has 3 heterocycles. The molecule has 1 fully saturated rings. The van der Waals surface area contributed by atoms with Gasteiger partial charge >= 0.3 is 0 Å². The fraction of sp³-hybridized carbons (Fsp3) is 0.300. The predicted octanol–water partition coefficient (Wildman–Crippen LogP) is 1.92. The average Bonchev–Trinajstić information content (AvgIpc) is 2.80. The van der Waals surface area contributed by atoms with Crippen LogP contribution in [0.3, 0.4) is 0 Å². The molecule has 88 valence electrons. The minimum atomic E-state index is 0.0532. The molecule has 0 radical (unpaired) electrons. The molecule has 2 aromatic heterocycles. The molecular formula is C10H9BrN4OS. The molecule has 1 aliphatic rings. The number of carbonyl (C=O) groups is 1. The van der Waals surface area contributed by atoms with Gasteiger partial charge in [0.1, 0.15) is 0 Å². The number of aromatic amines is 1. The molecule has 0 aliphatic carbocycles. The molecule has 3 rings (SSSR count). The number of hydrogen-bond acceptors (Lipinski definition) is 3. The Kier molecular flexibility index (Phi) is 2.52. The van der Waals surface area contributed by atoms with Crippen LogP contribution in [0, 0.1) is 4.77 Å². The van der Waals surface area contributed by atoms with Crippen LogP contribution in [0.5, 0.6) is 0 Å². The number of nitrogens with one attached hydrogen (secondary N) is 2. The third-order valence-electron chi connectivity index (χ3n) is 2.84. The molecule has 1 unspecified atom stereocenters. The van der Waals surface area contributed by atoms with Crippen molar-refractivity contribution in [3.05, 3.63) is 21.5 Å². The van der Waals surface area contributed by atoms with Crippen LogP contribution in [-0.4, -0.2) is 27.0 Å². The predicted molar refractivity (Wildman–Crippen MR) is 69.3 cm³/mol. The van der Waals surface area contributed by atoms with Crippen LogP contribution in [0.2, 0.25) is 0 Å². The van der Waals surface area contributed by atoms with Gasteiger partial charge in [-0.15, -0.1) is 0 Å². The van der Waals surface area contributed by atoms with E-state index in [1.165, 1.54) is 0 Å². The Morgan fingerprint density at radius 3 is 3.12 bits per heavy atom. The van der Waals surface area contributed by atoms with Crippen molar-refractivity contribution < 1.29 is 4.79 Å². The number of pyridine rings is 1. The molecule has 0 bridgehead atoms. The van der Waals surface area contributed by atoms with Gasteiger partial charge in [-0.1, -0.05) is 0 Å². The van der Waals surface area contributed by atoms with E-state index >= 15 is 0 Å². The topological polar surface area (TPSA) is 62.7 Å². The Bertz CT molecular complexity index is 662. The molecule has 5 nitrogen and oxygen atoms in total. The van der Waals surface area contributed by atoms with Gasteiger partial charge in [0.05, 0.1) is 11.6 Å². The quantitative estimate of drug-likeness (QED) is 0.791. The van der Waals surface area contributed by atoms with E-state index in [0.717, 1.165) is 15.6 Å². The number of imidazole rings is 1. The first-order chi connectivity index (χ1) is 8.15. The Labute approximate surface area is 110 Å². The van der Waals surface area contributed by atoms with Crippen LogP contribution < -0.4 is 5.32 Å². The van der Waals surface area contributed by atoms with Crippen LogP contribution in [0.1, 0.15) is 12.5 Å². The largest absolute Gasteiger partial charge is 0.354 e. The van der Waals surface area contributed by atoms with Gasteiger partial charge in [-0.05, 0) is 34.2 Å². The monoisotopic (exact) mass is 312 g/mol. The first kappa shape index (κ1) is 10.9. The van der Waals surface area contributed by atoms with Crippen molar-refractivity contribution >= 4 is 45.2 Å². The van der Waals surface area contributed by atoms with Crippen molar-refractivity contribution in [3.8, 4) is 0 Å². The standard InChI is InChI=1S/C10H9BrN4OS/c11-5-1-7-9(13-3-5)15(10(17)14-7)6-2-8(16)12-4-6/h1,3,6H,2,4H2,(H,12,16)(H,14,17). The summed E-state index contributed by atoms with van der Waals surface area (Å²) in [5.74, 6) is 0.0587. The fourth-order valence-corrected chi connectivity index (χ4v) is 2.78. The smallest absolute Gasteiger partial charge is 0.222 e. The number of halogens is 1. The van der Waals surface area contributed by atoms with E-state index in [4.69, 9.17) is 12.2 Å². The third kappa shape index (κ3) is 1.79. The maximum absolute atomic E-state index is 11.3. The number of amides is 1. The summed E-state index contributed by atoms with van der Waals surface area (Å²) in [6, 6.07) is 1.98. The Morgan fingerprint density at radius 1 is 1.59 bits per heavy atom. The molecule has 2 N–H and O–H groups in total. The first-order valence-electron chi connectivity index (χ1n) is 5.17. The van der Waals surface area contributed by atoms with E-state index < -0.39 is 0 Å². The summed E-state index contributed by atoms with van der Waals surface area (Å²) in [6.45, 7) is 0.609. The summed E-state index contributed by atoms with van der Waals surface area (Å²) in [5, 5.41) is 2.80. The number of fused-ring (bicyclic) bond motifs is 1. The second-order valence-electron chi connectivity index (χ2n) is 3.99. The van der Waals surface area contributed by atoms with E-state index in [9.17, 15) is 4.79 Å². The summed E-state index contributed by atoms with van der Waals surface area (Å²) < 4.78 is 3.41. The van der Waals surface area contributed by atoms with Gasteiger partial charge in [0.15, 0.2) is 10.4 Å². The minimum Gasteiger partial charge on any atom is -0.354 e. The van der Waals surface area contributed by atoms with Gasteiger partial charge in [-0.3, -0.25) is 9.36 Å². The van der Waals surface area contributed by atoms with E-state index in [1.54, 1.807) is 6.20 Å². The molecule has 7 heteroatoms. The third-order valence-corrected chi connectivity index (χ3v) is 3.58. The summed E-state index contributed by atoms with van der Waals surface area (Å²) in [6.07, 6.45) is 2.19. The van der Waals surface area contributed by atoms with Crippen molar-refractivity contribution in [2.75, 3.05) is 6.54 Å². The minimum absolute atomic E-state index is 0.0532. The Balaban J connectivity index is 2.19. The Hall–Kier alpha value is -1.21. The van der Waals surface area contributed by atoms with Crippen molar-refractivity contribution in [2.24, 2.45) is 0 Å². The second kappa shape index (κ2) is 3.92. The van der Waals surface area contributed by atoms with Gasteiger partial charge in [-0.2, -0.15) is 0 Å². The zero-order chi connectivity index (χ0) is 12.0. The van der Waals surface area contributed by atoms with Crippen molar-refractivity contribution in [3.63, 3.8) is 0 Å². The van der Waals surface area contributed by atoms with Gasteiger partial charge in [0.2, 0.25) is 5.91 Å². The van der Waals surface area contributed by atoms with Crippen LogP contribution in [0.25, 0.3) is 11.2 Å². The molecule has 1 aliphatic heterocycles. The van der Waals surface area contributed by atoms with Gasteiger partial charge in [0.25, 0.3) is 0 Å². The maximum Gasteiger partial charge on any atom is 0.222 e. The highest BCUT2D eigenvalue weighted by Crippen LogP contribution is 2.23. The highest BCUT2D eigenvalue weighted by molar-refractivity contribution is 9.10. The number of carbonyl (C=O) groups excluding carboxylic acids is 1. The van der Waals surface area contributed by atoms with Crippen LogP contribution in [-0.2, 0) is 4.79 Å². The summed E-state index contributed by atoms with van der Waals surface area (Å²) in [5.41, 5.74) is 1.67. The molecule has 1 saturated heterocycles. The number of nitrogens with zero attached hydrogens (tertiary/aromatic N) is 2. The highest BCUT2D eigenvalue weighted by atomic mass is 79.9. The second-order valence-corrected chi connectivity index (χ2v) is 5.29. The van der Waals surface area contributed by atoms with Crippen LogP contribution in [0.15, 0.2) is 16.7 Å². The molecule has 1 atom stereocenters. The summed E-state index contributed by atoms with van der Waals surface area (Å²) in [4.78, 5) is 18.7. The van der Waals surface area contributed by atoms with E-state index in [2.05, 4.69) is 31.2 Å². The SMILES string of the molecule is O=C1CC(n2c(=S)[nH]c3cc(Br)cnc32)CN1. The zero-order valence-electron chi connectivity index (χ0n) is 8.74. The lowest BCUT2D eigenvalue weighted by Gasteiger charge is -2.09. The first-order valence-corrected chi connectivity index (χ1v) is 6.38. The lowest BCUT2D eigenvalue weighted by atomic mass is 10.2. The molecule has 2 aromatic rings. The fourth-order valence-electron chi connectivity index (χ4n) is 2.10. The molecule has 1 amide bonds.